The molecule has 0 aliphatic heterocycles. The first-order valence-electron chi connectivity index (χ1n) is 2.38. The highest BCUT2D eigenvalue weighted by Crippen LogP contribution is 1.90. The van der Waals surface area contributed by atoms with Gasteiger partial charge in [0.05, 0.1) is 12.2 Å². The van der Waals surface area contributed by atoms with E-state index in [1.165, 1.54) is 12.2 Å². The number of aliphatic hydroxyl groups is 1. The van der Waals surface area contributed by atoms with Gasteiger partial charge in [0.1, 0.15) is 0 Å². The van der Waals surface area contributed by atoms with Crippen LogP contribution in [0.2, 0.25) is 0 Å². The zero-order valence-electron chi connectivity index (χ0n) is 4.87. The van der Waals surface area contributed by atoms with E-state index < -0.39 is 5.97 Å². The Balaban J connectivity index is 3.77. The van der Waals surface area contributed by atoms with Gasteiger partial charge in [0.2, 0.25) is 0 Å². The van der Waals surface area contributed by atoms with Gasteiger partial charge in [-0.05, 0) is 0 Å². The molecule has 9 heavy (non-hydrogen) atoms. The van der Waals surface area contributed by atoms with Crippen LogP contribution in [0.4, 0.5) is 0 Å². The Morgan fingerprint density at radius 3 is 2.56 bits per heavy atom. The molecule has 0 heterocycles. The number of aliphatic hydroxyl groups excluding tert-OH is 1. The first-order valence-corrected chi connectivity index (χ1v) is 2.38. The molecule has 0 atom stereocenters. The summed E-state index contributed by atoms with van der Waals surface area (Å²) < 4.78 is 0. The molecule has 3 heteroatoms. The van der Waals surface area contributed by atoms with Gasteiger partial charge < -0.3 is 10.2 Å². The second kappa shape index (κ2) is 3.86. The van der Waals surface area contributed by atoms with E-state index in [9.17, 15) is 4.79 Å². The van der Waals surface area contributed by atoms with Gasteiger partial charge in [0.15, 0.2) is 0 Å². The third-order valence-electron chi connectivity index (χ3n) is 0.699. The molecule has 0 saturated carbocycles. The van der Waals surface area contributed by atoms with Gasteiger partial charge in [0.25, 0.3) is 0 Å². The number of carboxylic acids is 1. The molecule has 0 aromatic rings. The van der Waals surface area contributed by atoms with Gasteiger partial charge in [0, 0.05) is 0 Å². The minimum atomic E-state index is -1.07. The van der Waals surface area contributed by atoms with E-state index >= 15 is 0 Å². The number of rotatable bonds is 3. The summed E-state index contributed by atoms with van der Waals surface area (Å²) >= 11 is 0. The molecule has 0 rings (SSSR count). The maximum atomic E-state index is 9.97. The predicted octanol–water partition coefficient (Wildman–Crippen LogP) is 0.176. The molecule has 0 aliphatic rings. The summed E-state index contributed by atoms with van der Waals surface area (Å²) in [6.07, 6.45) is 2.57. The molecule has 3 nitrogen and oxygen atoms in total. The smallest absolute Gasteiger partial charge is 0.335 e. The topological polar surface area (TPSA) is 57.5 Å². The lowest BCUT2D eigenvalue weighted by Crippen LogP contribution is -1.95. The first-order chi connectivity index (χ1) is 4.18. The Labute approximate surface area is 52.9 Å². The highest BCUT2D eigenvalue weighted by Gasteiger charge is 1.95. The summed E-state index contributed by atoms with van der Waals surface area (Å²) in [5, 5.41) is 16.4. The van der Waals surface area contributed by atoms with E-state index in [2.05, 4.69) is 6.58 Å². The van der Waals surface area contributed by atoms with Crippen molar-refractivity contribution in [3.8, 4) is 0 Å². The molecule has 0 fully saturated rings. The predicted molar refractivity (Wildman–Crippen MR) is 33.0 cm³/mol. The summed E-state index contributed by atoms with van der Waals surface area (Å²) in [6.45, 7) is 3.03. The van der Waals surface area contributed by atoms with Gasteiger partial charge in [-0.15, -0.1) is 0 Å². The van der Waals surface area contributed by atoms with Crippen LogP contribution in [0, 0.1) is 0 Å². The van der Waals surface area contributed by atoms with Crippen molar-refractivity contribution in [2.45, 2.75) is 0 Å². The van der Waals surface area contributed by atoms with Gasteiger partial charge in [-0.25, -0.2) is 4.79 Å². The normalized spacial score (nSPS) is 9.89. The molecule has 2 N–H and O–H groups in total. The van der Waals surface area contributed by atoms with E-state index in [0.29, 0.717) is 0 Å². The molecular weight excluding hydrogens is 120 g/mol. The van der Waals surface area contributed by atoms with E-state index in [0.717, 1.165) is 0 Å². The van der Waals surface area contributed by atoms with Crippen molar-refractivity contribution in [2.24, 2.45) is 0 Å². The monoisotopic (exact) mass is 128 g/mol. The molecule has 0 aromatic heterocycles. The molecule has 0 spiro atoms. The minimum absolute atomic E-state index is 0.0240. The number of hydrogen-bond acceptors (Lipinski definition) is 2. The third kappa shape index (κ3) is 3.49. The SMILES string of the molecule is C=C(C=CCO)C(=O)O. The molecule has 0 radical (unpaired) electrons. The molecular formula is C6H8O3. The summed E-state index contributed by atoms with van der Waals surface area (Å²) in [7, 11) is 0. The fraction of sp³-hybridized carbons (Fsp3) is 0.167. The quantitative estimate of drug-likeness (QED) is 0.421. The summed E-state index contributed by atoms with van der Waals surface area (Å²) in [5.41, 5.74) is -0.0240. The summed E-state index contributed by atoms with van der Waals surface area (Å²) in [5.74, 6) is -1.07. The maximum absolute atomic E-state index is 9.97. The van der Waals surface area contributed by atoms with Crippen LogP contribution in [0.5, 0.6) is 0 Å². The number of hydrogen-bond donors (Lipinski definition) is 2. The number of carboxylic acid groups (broad SMARTS) is 1. The van der Waals surface area contributed by atoms with Crippen LogP contribution in [0.15, 0.2) is 24.3 Å². The molecule has 0 unspecified atom stereocenters. The highest BCUT2D eigenvalue weighted by molar-refractivity contribution is 5.88. The second-order valence-corrected chi connectivity index (χ2v) is 1.42. The zero-order chi connectivity index (χ0) is 7.28. The van der Waals surface area contributed by atoms with Crippen molar-refractivity contribution in [2.75, 3.05) is 6.61 Å². The fourth-order valence-corrected chi connectivity index (χ4v) is 0.266. The van der Waals surface area contributed by atoms with Gasteiger partial charge >= 0.3 is 5.97 Å². The number of aliphatic carboxylic acids is 1. The Morgan fingerprint density at radius 2 is 2.22 bits per heavy atom. The van der Waals surface area contributed by atoms with Crippen molar-refractivity contribution < 1.29 is 15.0 Å². The summed E-state index contributed by atoms with van der Waals surface area (Å²) in [6, 6.07) is 0. The molecule has 0 amide bonds. The number of carbonyl (C=O) groups is 1. The lowest BCUT2D eigenvalue weighted by molar-refractivity contribution is -0.132. The zero-order valence-corrected chi connectivity index (χ0v) is 4.87. The first kappa shape index (κ1) is 7.91. The Bertz CT molecular complexity index is 146. The largest absolute Gasteiger partial charge is 0.478 e. The average Bonchev–Trinajstić information content (AvgIpc) is 1.82. The van der Waals surface area contributed by atoms with Crippen molar-refractivity contribution in [3.63, 3.8) is 0 Å². The van der Waals surface area contributed by atoms with Crippen LogP contribution < -0.4 is 0 Å². The Morgan fingerprint density at radius 1 is 1.67 bits per heavy atom. The third-order valence-corrected chi connectivity index (χ3v) is 0.699. The van der Waals surface area contributed by atoms with Crippen molar-refractivity contribution in [3.05, 3.63) is 24.3 Å². The van der Waals surface area contributed by atoms with Crippen LogP contribution in [0.1, 0.15) is 0 Å². The van der Waals surface area contributed by atoms with Crippen molar-refractivity contribution in [1.29, 1.82) is 0 Å². The van der Waals surface area contributed by atoms with Crippen LogP contribution in [0.25, 0.3) is 0 Å². The van der Waals surface area contributed by atoms with E-state index in [1.807, 2.05) is 0 Å². The minimum Gasteiger partial charge on any atom is -0.478 e. The fourth-order valence-electron chi connectivity index (χ4n) is 0.266. The van der Waals surface area contributed by atoms with Crippen LogP contribution in [0.3, 0.4) is 0 Å². The van der Waals surface area contributed by atoms with E-state index in [4.69, 9.17) is 10.2 Å². The van der Waals surface area contributed by atoms with Gasteiger partial charge in [-0.2, -0.15) is 0 Å². The lowest BCUT2D eigenvalue weighted by atomic mass is 10.3. The standard InChI is InChI=1S/C6H8O3/c1-5(6(8)9)3-2-4-7/h2-3,7H,1,4H2,(H,8,9). The Kier molecular flexibility index (Phi) is 3.39. The molecule has 0 aromatic carbocycles. The molecule has 0 saturated heterocycles. The maximum Gasteiger partial charge on any atom is 0.335 e. The highest BCUT2D eigenvalue weighted by atomic mass is 16.4. The van der Waals surface area contributed by atoms with E-state index in [-0.39, 0.29) is 12.2 Å². The molecule has 0 bridgehead atoms. The van der Waals surface area contributed by atoms with Crippen molar-refractivity contribution >= 4 is 5.97 Å². The van der Waals surface area contributed by atoms with Gasteiger partial charge in [-0.3, -0.25) is 0 Å². The molecule has 0 aliphatic carbocycles. The Hall–Kier alpha value is -1.09. The second-order valence-electron chi connectivity index (χ2n) is 1.42. The average molecular weight is 128 g/mol. The molecule has 50 valence electrons. The summed E-state index contributed by atoms with van der Waals surface area (Å²) in [4.78, 5) is 9.97. The lowest BCUT2D eigenvalue weighted by Gasteiger charge is -1.86. The van der Waals surface area contributed by atoms with E-state index in [1.54, 1.807) is 0 Å². The van der Waals surface area contributed by atoms with Crippen LogP contribution in [-0.2, 0) is 4.79 Å². The van der Waals surface area contributed by atoms with Crippen LogP contribution in [-0.4, -0.2) is 22.8 Å². The van der Waals surface area contributed by atoms with Crippen LogP contribution >= 0.6 is 0 Å². The van der Waals surface area contributed by atoms with Crippen molar-refractivity contribution in [1.82, 2.24) is 0 Å². The van der Waals surface area contributed by atoms with Gasteiger partial charge in [-0.1, -0.05) is 18.7 Å².